The second-order valence-electron chi connectivity index (χ2n) is 6.72. The second-order valence-corrected chi connectivity index (χ2v) is 6.72. The Labute approximate surface area is 175 Å². The molecule has 1 atom stereocenters. The van der Waals surface area contributed by atoms with Crippen molar-refractivity contribution in [2.24, 2.45) is 0 Å². The number of halogens is 1. The summed E-state index contributed by atoms with van der Waals surface area (Å²) in [6.07, 6.45) is 1.52. The van der Waals surface area contributed by atoms with E-state index in [2.05, 4.69) is 5.32 Å². The van der Waals surface area contributed by atoms with Crippen molar-refractivity contribution in [1.29, 1.82) is 5.26 Å². The number of carbonyl (C=O) groups excluding carboxylic acids is 1. The molecule has 1 amide bonds. The zero-order valence-electron chi connectivity index (χ0n) is 16.5. The van der Waals surface area contributed by atoms with Gasteiger partial charge >= 0.3 is 0 Å². The molecule has 5 heteroatoms. The van der Waals surface area contributed by atoms with E-state index >= 15 is 0 Å². The molecular weight excluding hydrogens is 379 g/mol. The Kier molecular flexibility index (Phi) is 6.96. The molecule has 4 nitrogen and oxygen atoms in total. The Hall–Kier alpha value is -3.91. The number of hydrogen-bond acceptors (Lipinski definition) is 3. The number of rotatable bonds is 7. The first kappa shape index (κ1) is 20.8. The molecular formula is C25H21FN2O2. The van der Waals surface area contributed by atoms with Gasteiger partial charge in [-0.1, -0.05) is 60.7 Å². The summed E-state index contributed by atoms with van der Waals surface area (Å²) in [5, 5.41) is 12.2. The monoisotopic (exact) mass is 400 g/mol. The topological polar surface area (TPSA) is 62.1 Å². The number of amides is 1. The summed E-state index contributed by atoms with van der Waals surface area (Å²) in [7, 11) is 0. The highest BCUT2D eigenvalue weighted by atomic mass is 19.1. The average Bonchev–Trinajstić information content (AvgIpc) is 2.78. The summed E-state index contributed by atoms with van der Waals surface area (Å²) in [6.45, 7) is 1.98. The molecule has 30 heavy (non-hydrogen) atoms. The maximum absolute atomic E-state index is 13.7. The van der Waals surface area contributed by atoms with Crippen LogP contribution in [-0.2, 0) is 11.4 Å². The maximum Gasteiger partial charge on any atom is 0.262 e. The number of hydrogen-bond donors (Lipinski definition) is 1. The zero-order valence-corrected chi connectivity index (χ0v) is 16.5. The molecule has 1 N–H and O–H groups in total. The number of nitriles is 1. The van der Waals surface area contributed by atoms with Crippen LogP contribution >= 0.6 is 0 Å². The average molecular weight is 400 g/mol. The number of nitrogens with one attached hydrogen (secondary N) is 1. The lowest BCUT2D eigenvalue weighted by atomic mass is 10.1. The van der Waals surface area contributed by atoms with Crippen LogP contribution in [0.2, 0.25) is 0 Å². The van der Waals surface area contributed by atoms with Crippen molar-refractivity contribution in [3.8, 4) is 11.8 Å². The second kappa shape index (κ2) is 10.0. The summed E-state index contributed by atoms with van der Waals surface area (Å²) in [6, 6.07) is 24.6. The third-order valence-electron chi connectivity index (χ3n) is 4.56. The minimum Gasteiger partial charge on any atom is -0.489 e. The lowest BCUT2D eigenvalue weighted by molar-refractivity contribution is -0.117. The Balaban J connectivity index is 1.63. The lowest BCUT2D eigenvalue weighted by Gasteiger charge is -2.13. The van der Waals surface area contributed by atoms with Crippen LogP contribution in [0.4, 0.5) is 4.39 Å². The van der Waals surface area contributed by atoms with E-state index in [9.17, 15) is 14.4 Å². The van der Waals surface area contributed by atoms with E-state index in [1.54, 1.807) is 42.5 Å². The quantitative estimate of drug-likeness (QED) is 0.439. The van der Waals surface area contributed by atoms with Gasteiger partial charge in [0.25, 0.3) is 5.91 Å². The fourth-order valence-corrected chi connectivity index (χ4v) is 2.85. The molecule has 3 aromatic carbocycles. The van der Waals surface area contributed by atoms with Gasteiger partial charge in [-0.25, -0.2) is 4.39 Å². The number of carbonyl (C=O) groups is 1. The van der Waals surface area contributed by atoms with Crippen LogP contribution in [0.5, 0.6) is 5.75 Å². The van der Waals surface area contributed by atoms with Crippen LogP contribution in [0.3, 0.4) is 0 Å². The van der Waals surface area contributed by atoms with Gasteiger partial charge in [-0.2, -0.15) is 5.26 Å². The molecule has 0 radical (unpaired) electrons. The summed E-state index contributed by atoms with van der Waals surface area (Å²) < 4.78 is 19.3. The third-order valence-corrected chi connectivity index (χ3v) is 4.56. The van der Waals surface area contributed by atoms with Gasteiger partial charge in [0, 0.05) is 5.56 Å². The molecule has 0 bridgehead atoms. The normalized spacial score (nSPS) is 12.0. The largest absolute Gasteiger partial charge is 0.489 e. The third kappa shape index (κ3) is 5.55. The molecule has 0 aliphatic heterocycles. The van der Waals surface area contributed by atoms with Gasteiger partial charge in [0.15, 0.2) is 0 Å². The molecule has 0 aliphatic rings. The molecule has 0 aliphatic carbocycles. The van der Waals surface area contributed by atoms with Crippen molar-refractivity contribution in [1.82, 2.24) is 5.32 Å². The first-order valence-electron chi connectivity index (χ1n) is 9.50. The number of nitrogens with zero attached hydrogens (tertiary/aromatic N) is 1. The standard InChI is InChI=1S/C25H21FN2O2/c1-18(20-7-3-2-4-8-20)28-25(29)22(16-27)15-19-11-13-23(14-12-19)30-17-21-9-5-6-10-24(21)26/h2-15,18H,17H2,1H3,(H,28,29)/b22-15+. The zero-order chi connectivity index (χ0) is 21.3. The molecule has 150 valence electrons. The van der Waals surface area contributed by atoms with Crippen LogP contribution < -0.4 is 10.1 Å². The van der Waals surface area contributed by atoms with Crippen molar-refractivity contribution in [3.63, 3.8) is 0 Å². The Morgan fingerprint density at radius 1 is 1.07 bits per heavy atom. The first-order valence-corrected chi connectivity index (χ1v) is 9.50. The van der Waals surface area contributed by atoms with Gasteiger partial charge < -0.3 is 10.1 Å². The highest BCUT2D eigenvalue weighted by molar-refractivity contribution is 6.01. The molecule has 0 saturated heterocycles. The van der Waals surface area contributed by atoms with E-state index < -0.39 is 5.91 Å². The van der Waals surface area contributed by atoms with Gasteiger partial charge in [-0.05, 0) is 42.3 Å². The predicted molar refractivity (Wildman–Crippen MR) is 114 cm³/mol. The van der Waals surface area contributed by atoms with Gasteiger partial charge in [0.05, 0.1) is 6.04 Å². The van der Waals surface area contributed by atoms with Crippen molar-refractivity contribution < 1.29 is 13.9 Å². The van der Waals surface area contributed by atoms with Gasteiger partial charge in [-0.15, -0.1) is 0 Å². The van der Waals surface area contributed by atoms with Crippen LogP contribution in [0.15, 0.2) is 84.4 Å². The molecule has 0 spiro atoms. The highest BCUT2D eigenvalue weighted by Gasteiger charge is 2.13. The molecule has 3 rings (SSSR count). The summed E-state index contributed by atoms with van der Waals surface area (Å²) in [5.41, 5.74) is 2.13. The highest BCUT2D eigenvalue weighted by Crippen LogP contribution is 2.18. The van der Waals surface area contributed by atoms with Crippen LogP contribution in [0, 0.1) is 17.1 Å². The van der Waals surface area contributed by atoms with Crippen LogP contribution in [0.25, 0.3) is 6.08 Å². The van der Waals surface area contributed by atoms with E-state index in [0.29, 0.717) is 16.9 Å². The molecule has 0 aromatic heterocycles. The fourth-order valence-electron chi connectivity index (χ4n) is 2.85. The molecule has 0 saturated carbocycles. The van der Waals surface area contributed by atoms with E-state index in [4.69, 9.17) is 4.74 Å². The van der Waals surface area contributed by atoms with Crippen LogP contribution in [-0.4, -0.2) is 5.91 Å². The minimum absolute atomic E-state index is 0.0119. The van der Waals surface area contributed by atoms with Gasteiger partial charge in [-0.3, -0.25) is 4.79 Å². The summed E-state index contributed by atoms with van der Waals surface area (Å²) in [5.74, 6) is -0.184. The predicted octanol–water partition coefficient (Wildman–Crippen LogP) is 5.19. The Morgan fingerprint density at radius 2 is 1.73 bits per heavy atom. The summed E-state index contributed by atoms with van der Waals surface area (Å²) in [4.78, 5) is 12.5. The van der Waals surface area contributed by atoms with Gasteiger partial charge in [0.1, 0.15) is 29.8 Å². The molecule has 0 fully saturated rings. The van der Waals surface area contributed by atoms with Crippen LogP contribution in [0.1, 0.15) is 29.7 Å². The molecule has 3 aromatic rings. The minimum atomic E-state index is -0.436. The van der Waals surface area contributed by atoms with E-state index in [-0.39, 0.29) is 24.0 Å². The van der Waals surface area contributed by atoms with E-state index in [1.807, 2.05) is 43.3 Å². The molecule has 1 unspecified atom stereocenters. The summed E-state index contributed by atoms with van der Waals surface area (Å²) >= 11 is 0. The van der Waals surface area contributed by atoms with Gasteiger partial charge in [0.2, 0.25) is 0 Å². The first-order chi connectivity index (χ1) is 14.6. The smallest absolute Gasteiger partial charge is 0.262 e. The Bertz CT molecular complexity index is 1070. The van der Waals surface area contributed by atoms with Crippen molar-refractivity contribution >= 4 is 12.0 Å². The van der Waals surface area contributed by atoms with E-state index in [0.717, 1.165) is 5.56 Å². The van der Waals surface area contributed by atoms with Crippen molar-refractivity contribution in [2.45, 2.75) is 19.6 Å². The SMILES string of the molecule is CC(NC(=O)/C(C#N)=C/c1ccc(OCc2ccccc2F)cc1)c1ccccc1. The van der Waals surface area contributed by atoms with Crippen molar-refractivity contribution in [3.05, 3.63) is 107 Å². The number of ether oxygens (including phenoxy) is 1. The fraction of sp³-hybridized carbons (Fsp3) is 0.120. The maximum atomic E-state index is 13.7. The number of benzene rings is 3. The lowest BCUT2D eigenvalue weighted by Crippen LogP contribution is -2.27. The molecule has 0 heterocycles. The van der Waals surface area contributed by atoms with E-state index in [1.165, 1.54) is 12.1 Å². The van der Waals surface area contributed by atoms with Crippen molar-refractivity contribution in [2.75, 3.05) is 0 Å². The Morgan fingerprint density at radius 3 is 2.40 bits per heavy atom.